The van der Waals surface area contributed by atoms with Gasteiger partial charge in [0.05, 0.1) is 22.1 Å². The van der Waals surface area contributed by atoms with Crippen LogP contribution >= 0.6 is 0 Å². The second-order valence-electron chi connectivity index (χ2n) is 11.2. The third-order valence-corrected chi connectivity index (χ3v) is 7.99. The zero-order valence-corrected chi connectivity index (χ0v) is 22.7. The summed E-state index contributed by atoms with van der Waals surface area (Å²) in [6.07, 6.45) is 5.36. The lowest BCUT2D eigenvalue weighted by molar-refractivity contribution is 0.799. The molecule has 0 aliphatic carbocycles. The monoisotopic (exact) mass is 521 g/mol. The first-order valence-electron chi connectivity index (χ1n) is 13.7. The van der Waals surface area contributed by atoms with E-state index in [1.807, 2.05) is 18.5 Å². The van der Waals surface area contributed by atoms with E-state index in [9.17, 15) is 0 Å². The Kier molecular flexibility index (Phi) is 4.77. The second kappa shape index (κ2) is 8.29. The SMILES string of the molecule is CC(C)c1nc2c3cccnc3c3cc(-c4ccc5c(c4)c4cncnc4c4nc(C(C)C)[nH]c54)ccc3c2[nH]1. The van der Waals surface area contributed by atoms with E-state index in [0.717, 1.165) is 88.2 Å². The van der Waals surface area contributed by atoms with Crippen LogP contribution in [0.1, 0.15) is 51.2 Å². The highest BCUT2D eigenvalue weighted by Crippen LogP contribution is 2.39. The van der Waals surface area contributed by atoms with Crippen molar-refractivity contribution >= 4 is 65.4 Å². The van der Waals surface area contributed by atoms with Crippen LogP contribution in [0.25, 0.3) is 76.5 Å². The quantitative estimate of drug-likeness (QED) is 0.229. The first-order chi connectivity index (χ1) is 19.5. The summed E-state index contributed by atoms with van der Waals surface area (Å²) in [5.41, 5.74) is 8.05. The van der Waals surface area contributed by atoms with Crippen molar-refractivity contribution in [1.29, 1.82) is 0 Å². The van der Waals surface area contributed by atoms with Gasteiger partial charge in [0.2, 0.25) is 0 Å². The first-order valence-corrected chi connectivity index (χ1v) is 13.7. The summed E-state index contributed by atoms with van der Waals surface area (Å²) in [6, 6.07) is 17.4. The Morgan fingerprint density at radius 3 is 1.95 bits per heavy atom. The number of benzene rings is 4. The predicted molar refractivity (Wildman–Crippen MR) is 163 cm³/mol. The molecule has 7 heteroatoms. The highest BCUT2D eigenvalue weighted by atomic mass is 14.9. The van der Waals surface area contributed by atoms with Gasteiger partial charge in [-0.3, -0.25) is 4.98 Å². The third kappa shape index (κ3) is 3.21. The summed E-state index contributed by atoms with van der Waals surface area (Å²) in [6.45, 7) is 8.61. The van der Waals surface area contributed by atoms with E-state index < -0.39 is 0 Å². The summed E-state index contributed by atoms with van der Waals surface area (Å²) in [5, 5.41) is 6.53. The Bertz CT molecular complexity index is 2130. The molecule has 8 aromatic rings. The highest BCUT2D eigenvalue weighted by Gasteiger charge is 2.18. The molecule has 0 amide bonds. The average Bonchev–Trinajstić information content (AvgIpc) is 3.64. The summed E-state index contributed by atoms with van der Waals surface area (Å²) in [4.78, 5) is 30.9. The summed E-state index contributed by atoms with van der Waals surface area (Å²) < 4.78 is 0. The van der Waals surface area contributed by atoms with E-state index in [0.29, 0.717) is 5.92 Å². The van der Waals surface area contributed by atoms with Gasteiger partial charge in [0.15, 0.2) is 0 Å². The predicted octanol–water partition coefficient (Wildman–Crippen LogP) is 8.15. The van der Waals surface area contributed by atoms with Gasteiger partial charge in [0.1, 0.15) is 29.0 Å². The molecule has 0 unspecified atom stereocenters. The molecular weight excluding hydrogens is 494 g/mol. The molecule has 0 spiro atoms. The molecule has 194 valence electrons. The lowest BCUT2D eigenvalue weighted by Crippen LogP contribution is -1.89. The number of nitrogens with one attached hydrogen (secondary N) is 2. The minimum absolute atomic E-state index is 0.289. The van der Waals surface area contributed by atoms with Crippen LogP contribution < -0.4 is 0 Å². The maximum Gasteiger partial charge on any atom is 0.116 e. The van der Waals surface area contributed by atoms with Crippen molar-refractivity contribution in [1.82, 2.24) is 34.9 Å². The number of H-pyrrole nitrogens is 2. The van der Waals surface area contributed by atoms with Crippen LogP contribution in [0.5, 0.6) is 0 Å². The number of imidazole rings is 2. The summed E-state index contributed by atoms with van der Waals surface area (Å²) in [5.74, 6) is 2.55. The lowest BCUT2D eigenvalue weighted by Gasteiger charge is -2.10. The molecule has 0 aliphatic rings. The van der Waals surface area contributed by atoms with Gasteiger partial charge in [0, 0.05) is 51.2 Å². The second-order valence-corrected chi connectivity index (χ2v) is 11.2. The molecule has 0 saturated carbocycles. The Balaban J connectivity index is 1.41. The van der Waals surface area contributed by atoms with Crippen LogP contribution in [0, 0.1) is 0 Å². The Hall–Kier alpha value is -4.91. The van der Waals surface area contributed by atoms with E-state index >= 15 is 0 Å². The van der Waals surface area contributed by atoms with Crippen molar-refractivity contribution in [3.05, 3.63) is 78.9 Å². The molecule has 4 aromatic carbocycles. The van der Waals surface area contributed by atoms with Gasteiger partial charge in [-0.25, -0.2) is 19.9 Å². The number of pyridine rings is 1. The average molecular weight is 522 g/mol. The standard InChI is InChI=1S/C33H27N7/c1-16(2)32-37-28-21-10-8-19(13-24(21)26-22(30(28)39-32)6-5-11-35-26)18-7-9-20-23(12-18)25-14-34-15-36-27(25)31-29(20)38-33(40-31)17(3)4/h5-17H,1-4H3,(H,37,39)(H,38,40). The fraction of sp³-hybridized carbons (Fsp3) is 0.182. The largest absolute Gasteiger partial charge is 0.341 e. The first kappa shape index (κ1) is 23.0. The van der Waals surface area contributed by atoms with Crippen LogP contribution in [0.2, 0.25) is 0 Å². The van der Waals surface area contributed by atoms with Crippen LogP contribution in [0.4, 0.5) is 0 Å². The van der Waals surface area contributed by atoms with Crippen molar-refractivity contribution in [2.75, 3.05) is 0 Å². The van der Waals surface area contributed by atoms with Gasteiger partial charge in [-0.05, 0) is 40.8 Å². The zero-order chi connectivity index (χ0) is 27.1. The molecule has 0 fully saturated rings. The molecule has 8 rings (SSSR count). The molecule has 0 bridgehead atoms. The lowest BCUT2D eigenvalue weighted by atomic mass is 9.95. The molecule has 2 N–H and O–H groups in total. The van der Waals surface area contributed by atoms with Crippen molar-refractivity contribution in [3.8, 4) is 11.1 Å². The third-order valence-electron chi connectivity index (χ3n) is 7.99. The van der Waals surface area contributed by atoms with E-state index in [1.54, 1.807) is 6.33 Å². The molecule has 40 heavy (non-hydrogen) atoms. The van der Waals surface area contributed by atoms with Gasteiger partial charge in [-0.15, -0.1) is 0 Å². The van der Waals surface area contributed by atoms with Crippen molar-refractivity contribution in [2.24, 2.45) is 0 Å². The fourth-order valence-electron chi connectivity index (χ4n) is 5.91. The number of aromatic nitrogens is 7. The Morgan fingerprint density at radius 2 is 1.23 bits per heavy atom. The molecule has 0 aliphatic heterocycles. The minimum Gasteiger partial charge on any atom is -0.341 e. The minimum atomic E-state index is 0.289. The van der Waals surface area contributed by atoms with Crippen molar-refractivity contribution in [3.63, 3.8) is 0 Å². The smallest absolute Gasteiger partial charge is 0.116 e. The van der Waals surface area contributed by atoms with Crippen LogP contribution in [0.15, 0.2) is 67.3 Å². The highest BCUT2D eigenvalue weighted by molar-refractivity contribution is 6.24. The van der Waals surface area contributed by atoms with Crippen LogP contribution in [0.3, 0.4) is 0 Å². The Labute approximate surface area is 229 Å². The molecular formula is C33H27N7. The molecule has 0 radical (unpaired) electrons. The van der Waals surface area contributed by atoms with Gasteiger partial charge in [-0.2, -0.15) is 0 Å². The maximum atomic E-state index is 4.96. The number of fused-ring (bicyclic) bond motifs is 12. The molecule has 0 saturated heterocycles. The molecule has 7 nitrogen and oxygen atoms in total. The van der Waals surface area contributed by atoms with Crippen molar-refractivity contribution < 1.29 is 0 Å². The molecule has 4 aromatic heterocycles. The summed E-state index contributed by atoms with van der Waals surface area (Å²) >= 11 is 0. The van der Waals surface area contributed by atoms with E-state index in [1.165, 1.54) is 0 Å². The van der Waals surface area contributed by atoms with Gasteiger partial charge in [-0.1, -0.05) is 52.0 Å². The van der Waals surface area contributed by atoms with Gasteiger partial charge < -0.3 is 9.97 Å². The number of hydrogen-bond donors (Lipinski definition) is 2. The number of aromatic amines is 2. The van der Waals surface area contributed by atoms with Crippen LogP contribution in [-0.2, 0) is 0 Å². The maximum absolute atomic E-state index is 4.96. The molecule has 0 atom stereocenters. The van der Waals surface area contributed by atoms with Crippen molar-refractivity contribution in [2.45, 2.75) is 39.5 Å². The normalized spacial score (nSPS) is 12.4. The fourth-order valence-corrected chi connectivity index (χ4v) is 5.91. The number of nitrogens with zero attached hydrogens (tertiary/aromatic N) is 5. The Morgan fingerprint density at radius 1 is 0.575 bits per heavy atom. The molecule has 4 heterocycles. The van der Waals surface area contributed by atoms with E-state index in [4.69, 9.17) is 15.0 Å². The van der Waals surface area contributed by atoms with Crippen LogP contribution in [-0.4, -0.2) is 34.9 Å². The number of hydrogen-bond acceptors (Lipinski definition) is 5. The van der Waals surface area contributed by atoms with E-state index in [2.05, 4.69) is 90.1 Å². The van der Waals surface area contributed by atoms with Gasteiger partial charge >= 0.3 is 0 Å². The zero-order valence-electron chi connectivity index (χ0n) is 22.7. The number of rotatable bonds is 3. The summed E-state index contributed by atoms with van der Waals surface area (Å²) in [7, 11) is 0. The van der Waals surface area contributed by atoms with E-state index in [-0.39, 0.29) is 5.92 Å². The van der Waals surface area contributed by atoms with Gasteiger partial charge in [0.25, 0.3) is 0 Å². The topological polar surface area (TPSA) is 96.0 Å².